The van der Waals surface area contributed by atoms with Gasteiger partial charge in [0.2, 0.25) is 0 Å². The number of carbonyl (C=O) groups excluding carboxylic acids is 1. The van der Waals surface area contributed by atoms with Gasteiger partial charge in [-0.2, -0.15) is 0 Å². The van der Waals surface area contributed by atoms with Crippen LogP contribution in [-0.2, 0) is 21.4 Å². The van der Waals surface area contributed by atoms with Crippen LogP contribution in [0, 0.1) is 0 Å². The smallest absolute Gasteiger partial charge is 0.338 e. The molecule has 0 heterocycles. The SMILES string of the molecule is CC(C)OC(=O)c1ccc(C[S+](C)C)cc1. The summed E-state index contributed by atoms with van der Waals surface area (Å²) in [6, 6.07) is 7.69. The highest BCUT2D eigenvalue weighted by atomic mass is 32.2. The van der Waals surface area contributed by atoms with Gasteiger partial charge in [0.1, 0.15) is 5.75 Å². The summed E-state index contributed by atoms with van der Waals surface area (Å²) in [7, 11) is 0.391. The van der Waals surface area contributed by atoms with E-state index in [9.17, 15) is 4.79 Å². The minimum Gasteiger partial charge on any atom is -0.459 e. The van der Waals surface area contributed by atoms with Gasteiger partial charge in [-0.05, 0) is 36.9 Å². The predicted molar refractivity (Wildman–Crippen MR) is 69.9 cm³/mol. The molecule has 16 heavy (non-hydrogen) atoms. The van der Waals surface area contributed by atoms with Crippen molar-refractivity contribution >= 4 is 16.9 Å². The summed E-state index contributed by atoms with van der Waals surface area (Å²) >= 11 is 0. The highest BCUT2D eigenvalue weighted by Gasteiger charge is 2.10. The van der Waals surface area contributed by atoms with Crippen molar-refractivity contribution in [3.05, 3.63) is 35.4 Å². The Bertz CT molecular complexity index is 341. The highest BCUT2D eigenvalue weighted by Crippen LogP contribution is 2.09. The fraction of sp³-hybridized carbons (Fsp3) is 0.462. The third kappa shape index (κ3) is 4.27. The molecule has 0 fully saturated rings. The maximum Gasteiger partial charge on any atom is 0.338 e. The quantitative estimate of drug-likeness (QED) is 0.596. The fourth-order valence-corrected chi connectivity index (χ4v) is 2.21. The van der Waals surface area contributed by atoms with Gasteiger partial charge in [-0.25, -0.2) is 4.79 Å². The molecule has 0 atom stereocenters. The number of benzene rings is 1. The second-order valence-electron chi connectivity index (χ2n) is 4.28. The average Bonchev–Trinajstić information content (AvgIpc) is 2.16. The highest BCUT2D eigenvalue weighted by molar-refractivity contribution is 7.94. The van der Waals surface area contributed by atoms with Crippen LogP contribution < -0.4 is 0 Å². The van der Waals surface area contributed by atoms with Gasteiger partial charge in [-0.1, -0.05) is 12.1 Å². The van der Waals surface area contributed by atoms with E-state index in [-0.39, 0.29) is 12.1 Å². The van der Waals surface area contributed by atoms with Crippen LogP contribution in [0.2, 0.25) is 0 Å². The van der Waals surface area contributed by atoms with E-state index in [2.05, 4.69) is 12.5 Å². The van der Waals surface area contributed by atoms with E-state index in [0.717, 1.165) is 5.75 Å². The standard InChI is InChI=1S/C13H19O2S/c1-10(2)15-13(14)12-7-5-11(6-8-12)9-16(3)4/h5-8,10H,9H2,1-4H3/q+1. The Hall–Kier alpha value is -0.960. The molecule has 0 aliphatic carbocycles. The summed E-state index contributed by atoms with van der Waals surface area (Å²) in [6.45, 7) is 3.71. The Morgan fingerprint density at radius 3 is 2.25 bits per heavy atom. The van der Waals surface area contributed by atoms with Crippen molar-refractivity contribution in [3.63, 3.8) is 0 Å². The van der Waals surface area contributed by atoms with Gasteiger partial charge in [-0.3, -0.25) is 0 Å². The van der Waals surface area contributed by atoms with E-state index in [0.29, 0.717) is 16.5 Å². The minimum absolute atomic E-state index is 0.0654. The van der Waals surface area contributed by atoms with Crippen LogP contribution in [0.3, 0.4) is 0 Å². The molecule has 1 rings (SSSR count). The topological polar surface area (TPSA) is 26.3 Å². The van der Waals surface area contributed by atoms with Crippen molar-refractivity contribution < 1.29 is 9.53 Å². The maximum atomic E-state index is 11.6. The van der Waals surface area contributed by atoms with E-state index in [1.165, 1.54) is 5.56 Å². The zero-order chi connectivity index (χ0) is 12.1. The Morgan fingerprint density at radius 1 is 1.25 bits per heavy atom. The minimum atomic E-state index is -0.242. The monoisotopic (exact) mass is 239 g/mol. The summed E-state index contributed by atoms with van der Waals surface area (Å²) in [6.07, 6.45) is 4.35. The fourth-order valence-electron chi connectivity index (χ4n) is 1.35. The molecule has 0 saturated heterocycles. The predicted octanol–water partition coefficient (Wildman–Crippen LogP) is 2.63. The lowest BCUT2D eigenvalue weighted by Crippen LogP contribution is -2.11. The normalized spacial score (nSPS) is 10.9. The summed E-state index contributed by atoms with van der Waals surface area (Å²) in [5.74, 6) is 0.827. The first-order valence-electron chi connectivity index (χ1n) is 5.33. The third-order valence-corrected chi connectivity index (χ3v) is 2.90. The van der Waals surface area contributed by atoms with Crippen LogP contribution in [0.25, 0.3) is 0 Å². The van der Waals surface area contributed by atoms with Gasteiger partial charge in [0, 0.05) is 5.56 Å². The second-order valence-corrected chi connectivity index (χ2v) is 6.54. The van der Waals surface area contributed by atoms with Crippen molar-refractivity contribution in [2.75, 3.05) is 12.5 Å². The molecule has 1 aromatic carbocycles. The van der Waals surface area contributed by atoms with Crippen LogP contribution in [-0.4, -0.2) is 24.6 Å². The van der Waals surface area contributed by atoms with Gasteiger partial charge in [0.05, 0.1) is 24.2 Å². The van der Waals surface area contributed by atoms with Crippen LogP contribution in [0.5, 0.6) is 0 Å². The molecular weight excluding hydrogens is 220 g/mol. The number of hydrogen-bond donors (Lipinski definition) is 0. The Labute approximate surface area is 100 Å². The van der Waals surface area contributed by atoms with Crippen molar-refractivity contribution in [3.8, 4) is 0 Å². The Morgan fingerprint density at radius 2 is 1.81 bits per heavy atom. The van der Waals surface area contributed by atoms with Gasteiger partial charge in [0.25, 0.3) is 0 Å². The molecule has 2 nitrogen and oxygen atoms in total. The van der Waals surface area contributed by atoms with Crippen molar-refractivity contribution in [2.45, 2.75) is 25.7 Å². The molecule has 0 aromatic heterocycles. The molecule has 0 amide bonds. The van der Waals surface area contributed by atoms with E-state index < -0.39 is 0 Å². The lowest BCUT2D eigenvalue weighted by Gasteiger charge is -2.07. The number of rotatable bonds is 4. The average molecular weight is 239 g/mol. The summed E-state index contributed by atoms with van der Waals surface area (Å²) in [4.78, 5) is 11.6. The Kier molecular flexibility index (Phi) is 4.87. The molecule has 3 heteroatoms. The molecule has 0 aliphatic rings. The van der Waals surface area contributed by atoms with Crippen LogP contribution >= 0.6 is 0 Å². The number of carbonyl (C=O) groups is 1. The molecule has 0 bridgehead atoms. The van der Waals surface area contributed by atoms with Gasteiger partial charge in [-0.15, -0.1) is 0 Å². The van der Waals surface area contributed by atoms with Crippen LogP contribution in [0.1, 0.15) is 29.8 Å². The lowest BCUT2D eigenvalue weighted by atomic mass is 10.1. The Balaban J connectivity index is 2.67. The summed E-state index contributed by atoms with van der Waals surface area (Å²) in [5, 5.41) is 0. The molecule has 0 spiro atoms. The third-order valence-electron chi connectivity index (χ3n) is 1.99. The number of hydrogen-bond acceptors (Lipinski definition) is 2. The first-order chi connectivity index (χ1) is 7.49. The van der Waals surface area contributed by atoms with Crippen molar-refractivity contribution in [1.29, 1.82) is 0 Å². The first-order valence-corrected chi connectivity index (χ1v) is 7.54. The van der Waals surface area contributed by atoms with Crippen molar-refractivity contribution in [1.82, 2.24) is 0 Å². The van der Waals surface area contributed by atoms with Crippen LogP contribution in [0.4, 0.5) is 0 Å². The number of esters is 1. The van der Waals surface area contributed by atoms with E-state index in [4.69, 9.17) is 4.74 Å². The van der Waals surface area contributed by atoms with E-state index >= 15 is 0 Å². The molecule has 1 aromatic rings. The molecule has 0 saturated carbocycles. The molecule has 88 valence electrons. The van der Waals surface area contributed by atoms with Gasteiger partial charge >= 0.3 is 5.97 Å². The van der Waals surface area contributed by atoms with Crippen LogP contribution in [0.15, 0.2) is 24.3 Å². The summed E-state index contributed by atoms with van der Waals surface area (Å²) in [5.41, 5.74) is 1.90. The molecule has 0 aliphatic heterocycles. The zero-order valence-corrected chi connectivity index (χ0v) is 11.1. The molecule has 0 unspecified atom stereocenters. The zero-order valence-electron chi connectivity index (χ0n) is 10.3. The lowest BCUT2D eigenvalue weighted by molar-refractivity contribution is 0.0378. The first kappa shape index (κ1) is 13.1. The summed E-state index contributed by atoms with van der Waals surface area (Å²) < 4.78 is 5.12. The largest absolute Gasteiger partial charge is 0.459 e. The second kappa shape index (κ2) is 5.94. The maximum absolute atomic E-state index is 11.6. The van der Waals surface area contributed by atoms with Crippen molar-refractivity contribution in [2.24, 2.45) is 0 Å². The van der Waals surface area contributed by atoms with Gasteiger partial charge in [0.15, 0.2) is 0 Å². The van der Waals surface area contributed by atoms with E-state index in [1.54, 1.807) is 0 Å². The van der Waals surface area contributed by atoms with E-state index in [1.807, 2.05) is 38.1 Å². The molecule has 0 N–H and O–H groups in total. The molecule has 0 radical (unpaired) electrons. The number of ether oxygens (including phenoxy) is 1. The van der Waals surface area contributed by atoms with Gasteiger partial charge < -0.3 is 4.74 Å². The molecular formula is C13H19O2S+.